The van der Waals surface area contributed by atoms with Crippen molar-refractivity contribution in [2.45, 2.75) is 37.3 Å². The molecule has 2 heterocycles. The van der Waals surface area contributed by atoms with E-state index < -0.39 is 0 Å². The van der Waals surface area contributed by atoms with Crippen molar-refractivity contribution in [2.24, 2.45) is 0 Å². The average Bonchev–Trinajstić information content (AvgIpc) is 3.29. The van der Waals surface area contributed by atoms with E-state index in [0.29, 0.717) is 11.6 Å². The molecule has 0 radical (unpaired) electrons. The Morgan fingerprint density at radius 3 is 2.73 bits per heavy atom. The van der Waals surface area contributed by atoms with Crippen molar-refractivity contribution >= 4 is 40.6 Å². The number of thioether (sulfide) groups is 1. The number of carbonyl (C=O) groups excluding carboxylic acids is 1. The molecule has 0 aliphatic carbocycles. The highest BCUT2D eigenvalue weighted by molar-refractivity contribution is 8.00. The van der Waals surface area contributed by atoms with Crippen LogP contribution in [-0.4, -0.2) is 25.9 Å². The van der Waals surface area contributed by atoms with Gasteiger partial charge in [0.1, 0.15) is 0 Å². The summed E-state index contributed by atoms with van der Waals surface area (Å²) in [6.07, 6.45) is 0. The van der Waals surface area contributed by atoms with Crippen LogP contribution in [-0.2, 0) is 17.9 Å². The van der Waals surface area contributed by atoms with Gasteiger partial charge >= 0.3 is 0 Å². The fraction of sp³-hybridized carbons (Fsp3) is 0.278. The molecule has 0 unspecified atom stereocenters. The van der Waals surface area contributed by atoms with E-state index in [0.717, 1.165) is 28.0 Å². The van der Waals surface area contributed by atoms with Crippen LogP contribution in [0, 0.1) is 0 Å². The average molecular weight is 407 g/mol. The Morgan fingerprint density at radius 1 is 1.31 bits per heavy atom. The zero-order chi connectivity index (χ0) is 18.5. The molecule has 0 spiro atoms. The zero-order valence-electron chi connectivity index (χ0n) is 14.5. The third-order valence-electron chi connectivity index (χ3n) is 3.80. The van der Waals surface area contributed by atoms with Crippen LogP contribution in [0.1, 0.15) is 18.7 Å². The first kappa shape index (κ1) is 18.9. The van der Waals surface area contributed by atoms with Gasteiger partial charge < -0.3 is 9.88 Å². The number of hydrogen-bond donors (Lipinski definition) is 1. The highest BCUT2D eigenvalue weighted by Crippen LogP contribution is 2.27. The van der Waals surface area contributed by atoms with E-state index in [1.807, 2.05) is 60.2 Å². The number of benzene rings is 1. The number of amides is 1. The second-order valence-corrected chi connectivity index (χ2v) is 8.39. The molecule has 1 aromatic carbocycles. The van der Waals surface area contributed by atoms with Crippen molar-refractivity contribution in [3.63, 3.8) is 0 Å². The molecule has 0 saturated heterocycles. The second-order valence-electron chi connectivity index (χ2n) is 5.61. The van der Waals surface area contributed by atoms with Gasteiger partial charge in [0.25, 0.3) is 0 Å². The largest absolute Gasteiger partial charge is 0.350 e. The lowest BCUT2D eigenvalue weighted by atomic mass is 10.2. The maximum absolute atomic E-state index is 12.4. The van der Waals surface area contributed by atoms with E-state index in [9.17, 15) is 4.79 Å². The number of nitrogens with one attached hydrogen (secondary N) is 1. The molecule has 1 amide bonds. The van der Waals surface area contributed by atoms with Crippen LogP contribution in [0.15, 0.2) is 46.9 Å². The van der Waals surface area contributed by atoms with Gasteiger partial charge in [-0.3, -0.25) is 4.79 Å². The van der Waals surface area contributed by atoms with Gasteiger partial charge in [0.15, 0.2) is 11.0 Å². The minimum absolute atomic E-state index is 0.0119. The topological polar surface area (TPSA) is 59.8 Å². The zero-order valence-corrected chi connectivity index (χ0v) is 16.9. The number of nitrogens with zero attached hydrogens (tertiary/aromatic N) is 3. The van der Waals surface area contributed by atoms with Crippen LogP contribution in [0.2, 0.25) is 5.02 Å². The maximum Gasteiger partial charge on any atom is 0.233 e. The molecule has 0 aliphatic heterocycles. The Morgan fingerprint density at radius 2 is 2.08 bits per heavy atom. The van der Waals surface area contributed by atoms with Crippen LogP contribution >= 0.6 is 34.7 Å². The number of thiophene rings is 1. The Kier molecular flexibility index (Phi) is 6.34. The molecule has 5 nitrogen and oxygen atoms in total. The number of aromatic nitrogens is 3. The van der Waals surface area contributed by atoms with Crippen LogP contribution < -0.4 is 5.32 Å². The molecule has 3 aromatic rings. The molecule has 0 bridgehead atoms. The molecule has 3 rings (SSSR count). The van der Waals surface area contributed by atoms with Gasteiger partial charge in [-0.05, 0) is 49.6 Å². The molecule has 136 valence electrons. The van der Waals surface area contributed by atoms with Gasteiger partial charge in [-0.15, -0.1) is 21.5 Å². The standard InChI is InChI=1S/C18H19ClN4OS2/c1-3-23-16(13-6-8-14(19)9-7-13)21-22-18(23)26-12(2)17(24)20-11-15-5-4-10-25-15/h4-10,12H,3,11H2,1-2H3,(H,20,24)/t12-/m1/s1. The molecule has 2 aromatic heterocycles. The SMILES string of the molecule is CCn1c(S[C@H](C)C(=O)NCc2cccs2)nnc1-c1ccc(Cl)cc1. The summed E-state index contributed by atoms with van der Waals surface area (Å²) in [4.78, 5) is 13.5. The van der Waals surface area contributed by atoms with Gasteiger partial charge in [-0.2, -0.15) is 0 Å². The van der Waals surface area contributed by atoms with Crippen LogP contribution in [0.5, 0.6) is 0 Å². The summed E-state index contributed by atoms with van der Waals surface area (Å²) < 4.78 is 2.01. The first-order valence-electron chi connectivity index (χ1n) is 8.24. The normalized spacial score (nSPS) is 12.1. The molecule has 1 N–H and O–H groups in total. The van der Waals surface area contributed by atoms with Gasteiger partial charge in [0.05, 0.1) is 11.8 Å². The van der Waals surface area contributed by atoms with Crippen molar-refractivity contribution in [2.75, 3.05) is 0 Å². The molecule has 0 saturated carbocycles. The monoisotopic (exact) mass is 406 g/mol. The lowest BCUT2D eigenvalue weighted by Gasteiger charge is -2.12. The lowest BCUT2D eigenvalue weighted by molar-refractivity contribution is -0.120. The van der Waals surface area contributed by atoms with E-state index in [-0.39, 0.29) is 11.2 Å². The number of rotatable bonds is 7. The van der Waals surface area contributed by atoms with Crippen molar-refractivity contribution in [3.8, 4) is 11.4 Å². The summed E-state index contributed by atoms with van der Waals surface area (Å²) in [5.41, 5.74) is 0.949. The fourth-order valence-corrected chi connectivity index (χ4v) is 4.12. The van der Waals surface area contributed by atoms with Crippen molar-refractivity contribution in [1.82, 2.24) is 20.1 Å². The third kappa shape index (κ3) is 4.47. The summed E-state index contributed by atoms with van der Waals surface area (Å²) in [6.45, 7) is 5.19. The van der Waals surface area contributed by atoms with Gasteiger partial charge in [0.2, 0.25) is 5.91 Å². The lowest BCUT2D eigenvalue weighted by Crippen LogP contribution is -2.30. The molecule has 8 heteroatoms. The maximum atomic E-state index is 12.4. The van der Waals surface area contributed by atoms with Crippen LogP contribution in [0.25, 0.3) is 11.4 Å². The molecule has 26 heavy (non-hydrogen) atoms. The van der Waals surface area contributed by atoms with Crippen molar-refractivity contribution in [1.29, 1.82) is 0 Å². The highest BCUT2D eigenvalue weighted by Gasteiger charge is 2.20. The summed E-state index contributed by atoms with van der Waals surface area (Å²) in [5.74, 6) is 0.764. The highest BCUT2D eigenvalue weighted by atomic mass is 35.5. The summed E-state index contributed by atoms with van der Waals surface area (Å²) >= 11 is 9.00. The Bertz CT molecular complexity index is 862. The van der Waals surface area contributed by atoms with Crippen molar-refractivity contribution in [3.05, 3.63) is 51.7 Å². The van der Waals surface area contributed by atoms with Crippen molar-refractivity contribution < 1.29 is 4.79 Å². The molecule has 1 atom stereocenters. The van der Waals surface area contributed by atoms with Crippen LogP contribution in [0.3, 0.4) is 0 Å². The summed E-state index contributed by atoms with van der Waals surface area (Å²) in [6, 6.07) is 11.5. The van der Waals surface area contributed by atoms with Gasteiger partial charge in [-0.1, -0.05) is 29.4 Å². The Labute approximate surface area is 165 Å². The van der Waals surface area contributed by atoms with E-state index in [2.05, 4.69) is 15.5 Å². The van der Waals surface area contributed by atoms with Crippen LogP contribution in [0.4, 0.5) is 0 Å². The fourth-order valence-electron chi connectivity index (χ4n) is 2.42. The minimum atomic E-state index is -0.262. The smallest absolute Gasteiger partial charge is 0.233 e. The molecular formula is C18H19ClN4OS2. The Balaban J connectivity index is 1.69. The minimum Gasteiger partial charge on any atom is -0.350 e. The molecule has 0 aliphatic rings. The number of halogens is 1. The predicted octanol–water partition coefficient (Wildman–Crippen LogP) is 4.48. The van der Waals surface area contributed by atoms with E-state index in [1.54, 1.807) is 11.3 Å². The first-order chi connectivity index (χ1) is 12.6. The summed E-state index contributed by atoms with van der Waals surface area (Å²) in [7, 11) is 0. The summed E-state index contributed by atoms with van der Waals surface area (Å²) in [5, 5.41) is 14.7. The van der Waals surface area contributed by atoms with Gasteiger partial charge in [0, 0.05) is 22.0 Å². The third-order valence-corrected chi connectivity index (χ3v) is 6.01. The molecular weight excluding hydrogens is 388 g/mol. The van der Waals surface area contributed by atoms with E-state index >= 15 is 0 Å². The van der Waals surface area contributed by atoms with Gasteiger partial charge in [-0.25, -0.2) is 0 Å². The second kappa shape index (κ2) is 8.70. The Hall–Kier alpha value is -1.83. The van der Waals surface area contributed by atoms with E-state index in [1.165, 1.54) is 11.8 Å². The molecule has 0 fully saturated rings. The number of carbonyl (C=O) groups is 1. The number of hydrogen-bond acceptors (Lipinski definition) is 5. The first-order valence-corrected chi connectivity index (χ1v) is 10.4. The predicted molar refractivity (Wildman–Crippen MR) is 108 cm³/mol. The van der Waals surface area contributed by atoms with E-state index in [4.69, 9.17) is 11.6 Å². The quantitative estimate of drug-likeness (QED) is 0.588.